The van der Waals surface area contributed by atoms with Crippen LogP contribution in [0.3, 0.4) is 0 Å². The number of hydrogen-bond donors (Lipinski definition) is 1. The number of aromatic nitrogens is 2. The molecule has 5 heteroatoms. The fourth-order valence-corrected chi connectivity index (χ4v) is 1.77. The van der Waals surface area contributed by atoms with Crippen LogP contribution >= 0.6 is 0 Å². The molecule has 19 heavy (non-hydrogen) atoms. The molecule has 0 atom stereocenters. The summed E-state index contributed by atoms with van der Waals surface area (Å²) in [6, 6.07) is 5.36. The number of anilines is 1. The number of nitrogens with two attached hydrogens (primary N) is 1. The summed E-state index contributed by atoms with van der Waals surface area (Å²) in [5.74, 6) is 2.45. The molecule has 0 saturated carbocycles. The van der Waals surface area contributed by atoms with Gasteiger partial charge >= 0.3 is 0 Å². The van der Waals surface area contributed by atoms with Gasteiger partial charge in [0.2, 0.25) is 0 Å². The van der Waals surface area contributed by atoms with E-state index in [1.54, 1.807) is 19.2 Å². The summed E-state index contributed by atoms with van der Waals surface area (Å²) in [5.41, 5.74) is 7.12. The highest BCUT2D eigenvalue weighted by Crippen LogP contribution is 2.30. The first kappa shape index (κ1) is 13.4. The summed E-state index contributed by atoms with van der Waals surface area (Å²) >= 11 is 0. The van der Waals surface area contributed by atoms with E-state index in [0.29, 0.717) is 23.2 Å². The second-order valence-electron chi connectivity index (χ2n) is 4.91. The molecule has 0 unspecified atom stereocenters. The summed E-state index contributed by atoms with van der Waals surface area (Å²) in [4.78, 5) is 4.39. The van der Waals surface area contributed by atoms with E-state index >= 15 is 0 Å². The molecule has 1 aromatic carbocycles. The van der Waals surface area contributed by atoms with E-state index in [1.807, 2.05) is 6.07 Å². The van der Waals surface area contributed by atoms with Gasteiger partial charge in [-0.1, -0.05) is 19.0 Å². The van der Waals surface area contributed by atoms with Gasteiger partial charge in [0.15, 0.2) is 5.82 Å². The Morgan fingerprint density at radius 1 is 1.37 bits per heavy atom. The summed E-state index contributed by atoms with van der Waals surface area (Å²) < 4.78 is 10.6. The molecule has 0 aliphatic rings. The summed E-state index contributed by atoms with van der Waals surface area (Å²) in [6.07, 6.45) is 1.86. The van der Waals surface area contributed by atoms with Gasteiger partial charge < -0.3 is 15.0 Å². The van der Waals surface area contributed by atoms with Crippen LogP contribution in [0.1, 0.15) is 26.1 Å². The summed E-state index contributed by atoms with van der Waals surface area (Å²) in [5, 5.41) is 3.99. The third-order valence-electron chi connectivity index (χ3n) is 2.87. The van der Waals surface area contributed by atoms with Crippen molar-refractivity contribution in [1.82, 2.24) is 10.1 Å². The van der Waals surface area contributed by atoms with Crippen LogP contribution in [0.4, 0.5) is 5.69 Å². The minimum atomic E-state index is 0.468. The van der Waals surface area contributed by atoms with Gasteiger partial charge in [0.25, 0.3) is 5.89 Å². The summed E-state index contributed by atoms with van der Waals surface area (Å²) in [7, 11) is 1.59. The summed E-state index contributed by atoms with van der Waals surface area (Å²) in [6.45, 7) is 4.34. The monoisotopic (exact) mass is 261 g/mol. The fraction of sp³-hybridized carbons (Fsp3) is 0.429. The minimum absolute atomic E-state index is 0.468. The molecule has 102 valence electrons. The van der Waals surface area contributed by atoms with Crippen molar-refractivity contribution in [1.29, 1.82) is 0 Å². The first-order valence-electron chi connectivity index (χ1n) is 6.36. The largest absolute Gasteiger partial charge is 0.496 e. The van der Waals surface area contributed by atoms with E-state index in [9.17, 15) is 0 Å². The number of benzene rings is 1. The third kappa shape index (κ3) is 3.24. The van der Waals surface area contributed by atoms with Crippen LogP contribution in [0.2, 0.25) is 0 Å². The van der Waals surface area contributed by atoms with E-state index < -0.39 is 0 Å². The van der Waals surface area contributed by atoms with Crippen molar-refractivity contribution in [2.75, 3.05) is 12.8 Å². The van der Waals surface area contributed by atoms with Crippen molar-refractivity contribution in [3.05, 3.63) is 24.0 Å². The lowest BCUT2D eigenvalue weighted by atomic mass is 10.1. The van der Waals surface area contributed by atoms with Crippen molar-refractivity contribution >= 4 is 5.69 Å². The number of nitrogens with zero attached hydrogens (tertiary/aromatic N) is 2. The molecule has 0 amide bonds. The maximum absolute atomic E-state index is 5.72. The molecule has 2 aromatic rings. The smallest absolute Gasteiger partial charge is 0.261 e. The van der Waals surface area contributed by atoms with Gasteiger partial charge in [0.05, 0.1) is 12.7 Å². The van der Waals surface area contributed by atoms with Gasteiger partial charge in [-0.2, -0.15) is 4.98 Å². The van der Waals surface area contributed by atoms with Crippen LogP contribution in [-0.2, 0) is 6.42 Å². The standard InChI is InChI=1S/C14H19N3O2/c1-9(2)4-7-13-16-14(19-17-13)11-6-5-10(15)8-12(11)18-3/h5-6,8-9H,4,7,15H2,1-3H3. The lowest BCUT2D eigenvalue weighted by Crippen LogP contribution is -1.94. The average molecular weight is 261 g/mol. The SMILES string of the molecule is COc1cc(N)ccc1-c1nc(CCC(C)C)no1. The number of nitrogen functional groups attached to an aromatic ring is 1. The molecule has 0 spiro atoms. The van der Waals surface area contributed by atoms with Crippen molar-refractivity contribution in [3.8, 4) is 17.2 Å². The van der Waals surface area contributed by atoms with Crippen LogP contribution in [0.5, 0.6) is 5.75 Å². The maximum atomic E-state index is 5.72. The predicted octanol–water partition coefficient (Wildman–Crippen LogP) is 2.92. The first-order chi connectivity index (χ1) is 9.10. The zero-order valence-corrected chi connectivity index (χ0v) is 11.5. The lowest BCUT2D eigenvalue weighted by Gasteiger charge is -2.05. The maximum Gasteiger partial charge on any atom is 0.261 e. The minimum Gasteiger partial charge on any atom is -0.496 e. The van der Waals surface area contributed by atoms with E-state index in [4.69, 9.17) is 15.0 Å². The number of aryl methyl sites for hydroxylation is 1. The highest BCUT2D eigenvalue weighted by Gasteiger charge is 2.14. The van der Waals surface area contributed by atoms with Crippen molar-refractivity contribution < 1.29 is 9.26 Å². The molecule has 0 bridgehead atoms. The second-order valence-corrected chi connectivity index (χ2v) is 4.91. The normalized spacial score (nSPS) is 10.9. The molecular formula is C14H19N3O2. The molecule has 1 aromatic heterocycles. The Hall–Kier alpha value is -2.04. The Kier molecular flexibility index (Phi) is 4.04. The van der Waals surface area contributed by atoms with E-state index in [1.165, 1.54) is 0 Å². The Morgan fingerprint density at radius 3 is 2.84 bits per heavy atom. The van der Waals surface area contributed by atoms with Crippen molar-refractivity contribution in [2.24, 2.45) is 5.92 Å². The Labute approximate surface area is 112 Å². The van der Waals surface area contributed by atoms with Crippen LogP contribution in [0.15, 0.2) is 22.7 Å². The van der Waals surface area contributed by atoms with Crippen molar-refractivity contribution in [2.45, 2.75) is 26.7 Å². The Morgan fingerprint density at radius 2 is 2.16 bits per heavy atom. The number of ether oxygens (including phenoxy) is 1. The highest BCUT2D eigenvalue weighted by molar-refractivity contribution is 5.66. The molecule has 2 rings (SSSR count). The predicted molar refractivity (Wildman–Crippen MR) is 73.9 cm³/mol. The van der Waals surface area contributed by atoms with Crippen LogP contribution in [-0.4, -0.2) is 17.3 Å². The van der Waals surface area contributed by atoms with Gasteiger partial charge in [-0.15, -0.1) is 0 Å². The molecule has 5 nitrogen and oxygen atoms in total. The van der Waals surface area contributed by atoms with E-state index in [-0.39, 0.29) is 0 Å². The molecule has 0 saturated heterocycles. The quantitative estimate of drug-likeness (QED) is 0.838. The average Bonchev–Trinajstić information content (AvgIpc) is 2.84. The molecule has 0 radical (unpaired) electrons. The first-order valence-corrected chi connectivity index (χ1v) is 6.36. The zero-order valence-electron chi connectivity index (χ0n) is 11.5. The molecule has 0 fully saturated rings. The van der Waals surface area contributed by atoms with E-state index in [0.717, 1.165) is 24.2 Å². The third-order valence-corrected chi connectivity index (χ3v) is 2.87. The van der Waals surface area contributed by atoms with Crippen LogP contribution < -0.4 is 10.5 Å². The molecule has 1 heterocycles. The Balaban J connectivity index is 2.22. The molecular weight excluding hydrogens is 242 g/mol. The number of rotatable bonds is 5. The number of hydrogen-bond acceptors (Lipinski definition) is 5. The lowest BCUT2D eigenvalue weighted by molar-refractivity contribution is 0.402. The van der Waals surface area contributed by atoms with Gasteiger partial charge in [0.1, 0.15) is 5.75 Å². The fourth-order valence-electron chi connectivity index (χ4n) is 1.77. The van der Waals surface area contributed by atoms with Crippen molar-refractivity contribution in [3.63, 3.8) is 0 Å². The molecule has 2 N–H and O–H groups in total. The highest BCUT2D eigenvalue weighted by atomic mass is 16.5. The molecule has 0 aliphatic carbocycles. The number of methoxy groups -OCH3 is 1. The van der Waals surface area contributed by atoms with Gasteiger partial charge in [0, 0.05) is 18.2 Å². The van der Waals surface area contributed by atoms with E-state index in [2.05, 4.69) is 24.0 Å². The topological polar surface area (TPSA) is 74.2 Å². The molecule has 0 aliphatic heterocycles. The van der Waals surface area contributed by atoms with Gasteiger partial charge in [-0.05, 0) is 24.5 Å². The zero-order chi connectivity index (χ0) is 13.8. The van der Waals surface area contributed by atoms with Crippen LogP contribution in [0, 0.1) is 5.92 Å². The van der Waals surface area contributed by atoms with Crippen LogP contribution in [0.25, 0.3) is 11.5 Å². The van der Waals surface area contributed by atoms with Gasteiger partial charge in [-0.3, -0.25) is 0 Å². The second kappa shape index (κ2) is 5.73. The van der Waals surface area contributed by atoms with Gasteiger partial charge in [-0.25, -0.2) is 0 Å². The Bertz CT molecular complexity index is 549.